The molecular weight excluding hydrogens is 213 g/mol. The van der Waals surface area contributed by atoms with Gasteiger partial charge in [-0.3, -0.25) is 0 Å². The van der Waals surface area contributed by atoms with E-state index in [2.05, 4.69) is 27.7 Å². The fourth-order valence-electron chi connectivity index (χ4n) is 3.37. The molecule has 0 radical (unpaired) electrons. The number of hydrogen-bond acceptors (Lipinski definition) is 1. The van der Waals surface area contributed by atoms with Gasteiger partial charge in [0.1, 0.15) is 5.82 Å². The predicted octanol–water partition coefficient (Wildman–Crippen LogP) is 3.38. The molecule has 1 aromatic rings. The number of benzene rings is 1. The van der Waals surface area contributed by atoms with E-state index in [1.165, 1.54) is 6.07 Å². The van der Waals surface area contributed by atoms with Gasteiger partial charge in [0.2, 0.25) is 0 Å². The van der Waals surface area contributed by atoms with Gasteiger partial charge in [-0.05, 0) is 40.9 Å². The Morgan fingerprint density at radius 3 is 2.29 bits per heavy atom. The first-order valence-electron chi connectivity index (χ1n) is 6.27. The highest BCUT2D eigenvalue weighted by molar-refractivity contribution is 5.22. The standard InChI is InChI=1S/C15H22FN/c1-14(2)13(15(14,3)4)12(17)9-10-6-5-7-11(16)8-10/h5-8,12-13H,9,17H2,1-4H3. The monoisotopic (exact) mass is 235 g/mol. The Labute approximate surface area is 103 Å². The zero-order chi connectivity index (χ0) is 12.8. The lowest BCUT2D eigenvalue weighted by atomic mass is 9.98. The summed E-state index contributed by atoms with van der Waals surface area (Å²) in [4.78, 5) is 0. The Hall–Kier alpha value is -0.890. The molecule has 2 rings (SSSR count). The molecule has 1 aromatic carbocycles. The fourth-order valence-corrected chi connectivity index (χ4v) is 3.37. The quantitative estimate of drug-likeness (QED) is 0.854. The highest BCUT2D eigenvalue weighted by Gasteiger charge is 2.66. The van der Waals surface area contributed by atoms with Crippen molar-refractivity contribution in [3.8, 4) is 0 Å². The minimum atomic E-state index is -0.177. The molecule has 1 nitrogen and oxygen atoms in total. The maximum atomic E-state index is 13.1. The van der Waals surface area contributed by atoms with Gasteiger partial charge in [0.05, 0.1) is 0 Å². The minimum absolute atomic E-state index is 0.113. The first kappa shape index (κ1) is 12.6. The smallest absolute Gasteiger partial charge is 0.123 e. The van der Waals surface area contributed by atoms with E-state index < -0.39 is 0 Å². The fraction of sp³-hybridized carbons (Fsp3) is 0.600. The molecule has 2 heteroatoms. The summed E-state index contributed by atoms with van der Waals surface area (Å²) in [5, 5.41) is 0. The van der Waals surface area contributed by atoms with Crippen molar-refractivity contribution in [3.63, 3.8) is 0 Å². The third kappa shape index (κ3) is 1.99. The number of rotatable bonds is 3. The molecule has 1 saturated carbocycles. The molecule has 0 amide bonds. The molecule has 94 valence electrons. The van der Waals surface area contributed by atoms with Crippen molar-refractivity contribution >= 4 is 0 Å². The molecular formula is C15H22FN. The molecule has 0 aliphatic heterocycles. The minimum Gasteiger partial charge on any atom is -0.327 e. The van der Waals surface area contributed by atoms with Crippen LogP contribution >= 0.6 is 0 Å². The van der Waals surface area contributed by atoms with Gasteiger partial charge in [-0.2, -0.15) is 0 Å². The lowest BCUT2D eigenvalue weighted by Gasteiger charge is -2.14. The average molecular weight is 235 g/mol. The normalized spacial score (nSPS) is 23.4. The van der Waals surface area contributed by atoms with Crippen LogP contribution in [0.4, 0.5) is 4.39 Å². The topological polar surface area (TPSA) is 26.0 Å². The van der Waals surface area contributed by atoms with Gasteiger partial charge in [-0.1, -0.05) is 39.8 Å². The van der Waals surface area contributed by atoms with Crippen LogP contribution < -0.4 is 5.73 Å². The van der Waals surface area contributed by atoms with E-state index in [1.807, 2.05) is 6.07 Å². The van der Waals surface area contributed by atoms with E-state index in [4.69, 9.17) is 5.73 Å². The number of halogens is 1. The summed E-state index contributed by atoms with van der Waals surface area (Å²) in [6, 6.07) is 6.87. The first-order valence-corrected chi connectivity index (χ1v) is 6.27. The van der Waals surface area contributed by atoms with Gasteiger partial charge in [0.15, 0.2) is 0 Å². The summed E-state index contributed by atoms with van der Waals surface area (Å²) in [5.41, 5.74) is 7.87. The molecule has 17 heavy (non-hydrogen) atoms. The zero-order valence-corrected chi connectivity index (χ0v) is 11.1. The first-order chi connectivity index (χ1) is 7.76. The van der Waals surface area contributed by atoms with Crippen LogP contribution in [0.2, 0.25) is 0 Å². The molecule has 1 atom stereocenters. The van der Waals surface area contributed by atoms with Gasteiger partial charge in [0, 0.05) is 6.04 Å². The predicted molar refractivity (Wildman–Crippen MR) is 69.1 cm³/mol. The van der Waals surface area contributed by atoms with Crippen LogP contribution in [0.5, 0.6) is 0 Å². The van der Waals surface area contributed by atoms with Crippen molar-refractivity contribution in [2.24, 2.45) is 22.5 Å². The van der Waals surface area contributed by atoms with E-state index in [0.717, 1.165) is 12.0 Å². The summed E-state index contributed by atoms with van der Waals surface area (Å²) < 4.78 is 13.1. The largest absolute Gasteiger partial charge is 0.327 e. The Morgan fingerprint density at radius 2 is 1.82 bits per heavy atom. The average Bonchev–Trinajstić information content (AvgIpc) is 2.56. The van der Waals surface area contributed by atoms with Crippen molar-refractivity contribution in [2.45, 2.75) is 40.2 Å². The number of nitrogens with two attached hydrogens (primary N) is 1. The van der Waals surface area contributed by atoms with Crippen molar-refractivity contribution in [1.82, 2.24) is 0 Å². The maximum absolute atomic E-state index is 13.1. The summed E-state index contributed by atoms with van der Waals surface area (Å²) >= 11 is 0. The molecule has 1 aliphatic rings. The van der Waals surface area contributed by atoms with Crippen molar-refractivity contribution in [1.29, 1.82) is 0 Å². The van der Waals surface area contributed by atoms with E-state index in [9.17, 15) is 4.39 Å². The third-order valence-electron chi connectivity index (χ3n) is 4.92. The van der Waals surface area contributed by atoms with E-state index in [1.54, 1.807) is 12.1 Å². The molecule has 0 aromatic heterocycles. The Kier molecular flexibility index (Phi) is 2.81. The van der Waals surface area contributed by atoms with Gasteiger partial charge < -0.3 is 5.73 Å². The van der Waals surface area contributed by atoms with Gasteiger partial charge in [0.25, 0.3) is 0 Å². The molecule has 0 spiro atoms. The molecule has 0 bridgehead atoms. The SMILES string of the molecule is CC1(C)C(C(N)Cc2cccc(F)c2)C1(C)C. The van der Waals surface area contributed by atoms with E-state index in [0.29, 0.717) is 16.7 Å². The highest BCUT2D eigenvalue weighted by atomic mass is 19.1. The second kappa shape index (κ2) is 3.81. The lowest BCUT2D eigenvalue weighted by molar-refractivity contribution is 0.457. The second-order valence-electron chi connectivity index (χ2n) is 6.42. The molecule has 1 unspecified atom stereocenters. The van der Waals surface area contributed by atoms with Gasteiger partial charge >= 0.3 is 0 Å². The molecule has 1 aliphatic carbocycles. The number of hydrogen-bond donors (Lipinski definition) is 1. The second-order valence-corrected chi connectivity index (χ2v) is 6.42. The van der Waals surface area contributed by atoms with Crippen molar-refractivity contribution in [3.05, 3.63) is 35.6 Å². The van der Waals surface area contributed by atoms with Crippen molar-refractivity contribution in [2.75, 3.05) is 0 Å². The van der Waals surface area contributed by atoms with Crippen LogP contribution in [0.15, 0.2) is 24.3 Å². The lowest BCUT2D eigenvalue weighted by Crippen LogP contribution is -2.28. The zero-order valence-electron chi connectivity index (χ0n) is 11.1. The Bertz CT molecular complexity index is 409. The Morgan fingerprint density at radius 1 is 1.24 bits per heavy atom. The van der Waals surface area contributed by atoms with Crippen LogP contribution in [0.3, 0.4) is 0 Å². The summed E-state index contributed by atoms with van der Waals surface area (Å²) in [6.45, 7) is 9.07. The van der Waals surface area contributed by atoms with Crippen LogP contribution in [-0.2, 0) is 6.42 Å². The van der Waals surface area contributed by atoms with Crippen LogP contribution in [0, 0.1) is 22.6 Å². The van der Waals surface area contributed by atoms with E-state index in [-0.39, 0.29) is 11.9 Å². The van der Waals surface area contributed by atoms with E-state index >= 15 is 0 Å². The summed E-state index contributed by atoms with van der Waals surface area (Å²) in [7, 11) is 0. The van der Waals surface area contributed by atoms with Crippen LogP contribution in [0.25, 0.3) is 0 Å². The summed E-state index contributed by atoms with van der Waals surface area (Å²) in [6.07, 6.45) is 0.759. The maximum Gasteiger partial charge on any atom is 0.123 e. The summed E-state index contributed by atoms with van der Waals surface area (Å²) in [5.74, 6) is 0.335. The molecule has 2 N–H and O–H groups in total. The third-order valence-corrected chi connectivity index (χ3v) is 4.92. The highest BCUT2D eigenvalue weighted by Crippen LogP contribution is 2.69. The molecule has 1 fully saturated rings. The van der Waals surface area contributed by atoms with Gasteiger partial charge in [-0.25, -0.2) is 4.39 Å². The van der Waals surface area contributed by atoms with Crippen molar-refractivity contribution < 1.29 is 4.39 Å². The van der Waals surface area contributed by atoms with Crippen LogP contribution in [0.1, 0.15) is 33.3 Å². The van der Waals surface area contributed by atoms with Gasteiger partial charge in [-0.15, -0.1) is 0 Å². The molecule has 0 saturated heterocycles. The Balaban J connectivity index is 2.07. The van der Waals surface area contributed by atoms with Crippen LogP contribution in [-0.4, -0.2) is 6.04 Å². The molecule has 0 heterocycles.